The van der Waals surface area contributed by atoms with E-state index in [1.165, 1.54) is 6.07 Å². The molecule has 0 aromatic heterocycles. The molecule has 0 aliphatic rings. The summed E-state index contributed by atoms with van der Waals surface area (Å²) in [6.45, 7) is -1.91. The third kappa shape index (κ3) is 3.39. The Bertz CT molecular complexity index is 499. The highest BCUT2D eigenvalue weighted by molar-refractivity contribution is 5.55. The normalized spacial score (nSPS) is 12.1. The molecule has 0 spiro atoms. The van der Waals surface area contributed by atoms with Crippen molar-refractivity contribution in [1.82, 2.24) is 0 Å². The smallest absolute Gasteiger partial charge is 0.394 e. The van der Waals surface area contributed by atoms with Crippen LogP contribution in [0.3, 0.4) is 0 Å². The minimum Gasteiger partial charge on any atom is -0.394 e. The summed E-state index contributed by atoms with van der Waals surface area (Å²) in [5, 5.41) is 38.6. The Morgan fingerprint density at radius 2 is 1.65 bits per heavy atom. The second-order valence-electron chi connectivity index (χ2n) is 4.25. The molecule has 1 aromatic carbocycles. The summed E-state index contributed by atoms with van der Waals surface area (Å²) in [6.07, 6.45) is -4.65. The third-order valence-electron chi connectivity index (χ3n) is 2.76. The number of aliphatic hydroxyl groups excluding tert-OH is 3. The lowest BCUT2D eigenvalue weighted by atomic mass is 10.0. The summed E-state index contributed by atoms with van der Waals surface area (Å²) >= 11 is 0. The summed E-state index contributed by atoms with van der Waals surface area (Å²) in [7, 11) is 0. The van der Waals surface area contributed by atoms with Gasteiger partial charge in [0.15, 0.2) is 0 Å². The Morgan fingerprint density at radius 3 is 2.05 bits per heavy atom. The van der Waals surface area contributed by atoms with Gasteiger partial charge in [0, 0.05) is 5.69 Å². The molecule has 0 aliphatic heterocycles. The molecule has 0 amide bonds. The molecule has 110 valence electrons. The molecule has 5 nitrogen and oxygen atoms in total. The topological polar surface area (TPSA) is 96.5 Å². The number of alkyl halides is 3. The predicted octanol–water partition coefficient (Wildman–Crippen LogP) is 0.705. The summed E-state index contributed by atoms with van der Waals surface area (Å²) in [5.74, 6) is 0. The number of nitriles is 1. The molecule has 0 bridgehead atoms. The minimum absolute atomic E-state index is 0.0756. The summed E-state index contributed by atoms with van der Waals surface area (Å²) in [5.41, 5.74) is -3.07. The molecule has 1 aromatic rings. The van der Waals surface area contributed by atoms with Crippen LogP contribution in [0.25, 0.3) is 0 Å². The highest BCUT2D eigenvalue weighted by Gasteiger charge is 2.34. The van der Waals surface area contributed by atoms with E-state index in [0.717, 1.165) is 18.2 Å². The number of nitrogens with zero attached hydrogens (tertiary/aromatic N) is 1. The van der Waals surface area contributed by atoms with Gasteiger partial charge in [0.2, 0.25) is 0 Å². The van der Waals surface area contributed by atoms with Crippen LogP contribution < -0.4 is 5.32 Å². The van der Waals surface area contributed by atoms with E-state index in [1.54, 1.807) is 0 Å². The van der Waals surface area contributed by atoms with Crippen LogP contribution in [0, 0.1) is 11.3 Å². The van der Waals surface area contributed by atoms with Gasteiger partial charge in [-0.05, 0) is 18.2 Å². The molecule has 0 aliphatic carbocycles. The fourth-order valence-corrected chi connectivity index (χ4v) is 1.54. The van der Waals surface area contributed by atoms with Gasteiger partial charge in [-0.15, -0.1) is 0 Å². The summed E-state index contributed by atoms with van der Waals surface area (Å²) in [6, 6.07) is 4.15. The van der Waals surface area contributed by atoms with Gasteiger partial charge >= 0.3 is 6.18 Å². The molecule has 0 atom stereocenters. The van der Waals surface area contributed by atoms with Crippen molar-refractivity contribution < 1.29 is 28.5 Å². The van der Waals surface area contributed by atoms with Gasteiger partial charge < -0.3 is 20.6 Å². The van der Waals surface area contributed by atoms with Crippen LogP contribution in [0.5, 0.6) is 0 Å². The fraction of sp³-hybridized carbons (Fsp3) is 0.417. The van der Waals surface area contributed by atoms with Gasteiger partial charge in [-0.25, -0.2) is 0 Å². The van der Waals surface area contributed by atoms with E-state index in [4.69, 9.17) is 20.6 Å². The SMILES string of the molecule is N#Cc1cc(NC(CO)(CO)CO)ccc1C(F)(F)F. The monoisotopic (exact) mass is 290 g/mol. The fourth-order valence-electron chi connectivity index (χ4n) is 1.54. The standard InChI is InChI=1S/C12H13F3N2O3/c13-12(14,15)10-2-1-9(3-8(10)4-16)17-11(5-18,6-19)7-20/h1-3,17-20H,5-7H2. The van der Waals surface area contributed by atoms with Crippen LogP contribution in [0.15, 0.2) is 18.2 Å². The lowest BCUT2D eigenvalue weighted by Gasteiger charge is -2.30. The van der Waals surface area contributed by atoms with Crippen molar-refractivity contribution in [1.29, 1.82) is 5.26 Å². The van der Waals surface area contributed by atoms with Crippen LogP contribution in [0.4, 0.5) is 18.9 Å². The van der Waals surface area contributed by atoms with Crippen LogP contribution in [0.1, 0.15) is 11.1 Å². The molecule has 0 fully saturated rings. The zero-order valence-electron chi connectivity index (χ0n) is 10.3. The third-order valence-corrected chi connectivity index (χ3v) is 2.76. The van der Waals surface area contributed by atoms with E-state index in [1.807, 2.05) is 0 Å². The van der Waals surface area contributed by atoms with E-state index in [0.29, 0.717) is 0 Å². The van der Waals surface area contributed by atoms with Gasteiger partial charge in [0.1, 0.15) is 5.54 Å². The molecule has 4 N–H and O–H groups in total. The molecular weight excluding hydrogens is 277 g/mol. The number of aliphatic hydroxyl groups is 3. The van der Waals surface area contributed by atoms with Crippen molar-refractivity contribution in [3.05, 3.63) is 29.3 Å². The molecule has 20 heavy (non-hydrogen) atoms. The predicted molar refractivity (Wildman–Crippen MR) is 63.8 cm³/mol. The molecule has 8 heteroatoms. The lowest BCUT2D eigenvalue weighted by molar-refractivity contribution is -0.137. The molecule has 0 heterocycles. The maximum atomic E-state index is 12.6. The van der Waals surface area contributed by atoms with Crippen LogP contribution >= 0.6 is 0 Å². The average Bonchev–Trinajstić information content (AvgIpc) is 2.43. The molecule has 0 saturated carbocycles. The first-order chi connectivity index (χ1) is 9.31. The number of benzene rings is 1. The van der Waals surface area contributed by atoms with Gasteiger partial charge in [0.05, 0.1) is 37.0 Å². The zero-order chi connectivity index (χ0) is 15.4. The van der Waals surface area contributed by atoms with Crippen molar-refractivity contribution in [3.8, 4) is 6.07 Å². The van der Waals surface area contributed by atoms with Crippen molar-refractivity contribution >= 4 is 5.69 Å². The van der Waals surface area contributed by atoms with Crippen molar-refractivity contribution in [2.75, 3.05) is 25.1 Å². The Hall–Kier alpha value is -1.82. The summed E-state index contributed by atoms with van der Waals surface area (Å²) < 4.78 is 37.8. The van der Waals surface area contributed by atoms with Crippen LogP contribution in [-0.4, -0.2) is 40.7 Å². The largest absolute Gasteiger partial charge is 0.417 e. The Kier molecular flexibility index (Phi) is 4.94. The highest BCUT2D eigenvalue weighted by Crippen LogP contribution is 2.33. The molecule has 1 rings (SSSR count). The first-order valence-corrected chi connectivity index (χ1v) is 5.54. The average molecular weight is 290 g/mol. The second kappa shape index (κ2) is 6.09. The minimum atomic E-state index is -4.65. The first kappa shape index (κ1) is 16.2. The van der Waals surface area contributed by atoms with E-state index >= 15 is 0 Å². The van der Waals surface area contributed by atoms with Gasteiger partial charge in [-0.1, -0.05) is 0 Å². The van der Waals surface area contributed by atoms with E-state index in [9.17, 15) is 13.2 Å². The van der Waals surface area contributed by atoms with Crippen LogP contribution in [0.2, 0.25) is 0 Å². The van der Waals surface area contributed by atoms with Gasteiger partial charge in [-0.2, -0.15) is 18.4 Å². The first-order valence-electron chi connectivity index (χ1n) is 5.54. The quantitative estimate of drug-likeness (QED) is 0.640. The zero-order valence-corrected chi connectivity index (χ0v) is 10.3. The maximum absolute atomic E-state index is 12.6. The Labute approximate surface area is 112 Å². The number of halogens is 3. The van der Waals surface area contributed by atoms with Gasteiger partial charge in [0.25, 0.3) is 0 Å². The number of anilines is 1. The van der Waals surface area contributed by atoms with Crippen molar-refractivity contribution in [3.63, 3.8) is 0 Å². The van der Waals surface area contributed by atoms with E-state index in [2.05, 4.69) is 5.32 Å². The van der Waals surface area contributed by atoms with Crippen molar-refractivity contribution in [2.45, 2.75) is 11.7 Å². The molecule has 0 unspecified atom stereocenters. The Balaban J connectivity index is 3.15. The molecular formula is C12H13F3N2O3. The van der Waals surface area contributed by atoms with E-state index < -0.39 is 42.7 Å². The summed E-state index contributed by atoms with van der Waals surface area (Å²) in [4.78, 5) is 0. The van der Waals surface area contributed by atoms with Crippen LogP contribution in [-0.2, 0) is 6.18 Å². The number of nitrogens with one attached hydrogen (secondary N) is 1. The number of hydrogen-bond donors (Lipinski definition) is 4. The molecule has 0 radical (unpaired) electrons. The van der Waals surface area contributed by atoms with Gasteiger partial charge in [-0.3, -0.25) is 0 Å². The number of rotatable bonds is 5. The lowest BCUT2D eigenvalue weighted by Crippen LogP contribution is -2.49. The molecule has 0 saturated heterocycles. The maximum Gasteiger partial charge on any atom is 0.417 e. The van der Waals surface area contributed by atoms with Crippen molar-refractivity contribution in [2.24, 2.45) is 0 Å². The highest BCUT2D eigenvalue weighted by atomic mass is 19.4. The van der Waals surface area contributed by atoms with E-state index in [-0.39, 0.29) is 5.69 Å². The second-order valence-corrected chi connectivity index (χ2v) is 4.25. The number of hydrogen-bond acceptors (Lipinski definition) is 5. The Morgan fingerprint density at radius 1 is 1.10 bits per heavy atom.